The van der Waals surface area contributed by atoms with Crippen LogP contribution in [0.1, 0.15) is 40.0 Å². The van der Waals surface area contributed by atoms with Crippen molar-refractivity contribution in [3.05, 3.63) is 0 Å². The van der Waals surface area contributed by atoms with E-state index >= 15 is 0 Å². The topological polar surface area (TPSA) is 46.3 Å². The second-order valence-corrected chi connectivity index (χ2v) is 4.38. The largest absolute Gasteiger partial charge is 0.343 e. The minimum atomic E-state index is 0.212. The lowest BCUT2D eigenvalue weighted by atomic mass is 10.0. The molecule has 3 heteroatoms. The second-order valence-electron chi connectivity index (χ2n) is 4.38. The number of hydrogen-bond acceptors (Lipinski definition) is 2. The zero-order valence-electron chi connectivity index (χ0n) is 9.92. The Hall–Kier alpha value is -0.570. The molecule has 3 nitrogen and oxygen atoms in total. The predicted octanol–water partition coefficient (Wildman–Crippen LogP) is 1.62. The minimum Gasteiger partial charge on any atom is -0.343 e. The van der Waals surface area contributed by atoms with E-state index in [2.05, 4.69) is 20.8 Å². The molecular weight excluding hydrogens is 176 g/mol. The number of nitrogens with two attached hydrogens (primary N) is 1. The molecule has 0 fully saturated rings. The van der Waals surface area contributed by atoms with Crippen molar-refractivity contribution < 1.29 is 4.79 Å². The SMILES string of the molecule is CC(C)CC(C)N(C)C(=O)CCCN. The van der Waals surface area contributed by atoms with Gasteiger partial charge in [-0.1, -0.05) is 13.8 Å². The Balaban J connectivity index is 3.90. The Bertz CT molecular complexity index is 169. The maximum absolute atomic E-state index is 11.6. The number of amides is 1. The molecule has 0 bridgehead atoms. The molecule has 1 atom stereocenters. The summed E-state index contributed by atoms with van der Waals surface area (Å²) < 4.78 is 0. The van der Waals surface area contributed by atoms with Crippen molar-refractivity contribution in [2.24, 2.45) is 11.7 Å². The molecule has 84 valence electrons. The summed E-state index contributed by atoms with van der Waals surface area (Å²) in [6.07, 6.45) is 2.43. The first-order chi connectivity index (χ1) is 6.49. The van der Waals surface area contributed by atoms with Gasteiger partial charge in [0.25, 0.3) is 0 Å². The monoisotopic (exact) mass is 200 g/mol. The highest BCUT2D eigenvalue weighted by atomic mass is 16.2. The third-order valence-corrected chi connectivity index (χ3v) is 2.46. The van der Waals surface area contributed by atoms with Gasteiger partial charge in [-0.25, -0.2) is 0 Å². The van der Waals surface area contributed by atoms with Crippen LogP contribution in [-0.2, 0) is 4.79 Å². The molecule has 0 aliphatic heterocycles. The predicted molar refractivity (Wildman–Crippen MR) is 60.0 cm³/mol. The van der Waals surface area contributed by atoms with Gasteiger partial charge in [-0.15, -0.1) is 0 Å². The lowest BCUT2D eigenvalue weighted by Gasteiger charge is -2.26. The molecule has 0 radical (unpaired) electrons. The zero-order chi connectivity index (χ0) is 11.1. The zero-order valence-corrected chi connectivity index (χ0v) is 9.92. The Morgan fingerprint density at radius 3 is 2.36 bits per heavy atom. The normalized spacial score (nSPS) is 13.0. The molecule has 0 aromatic heterocycles. The van der Waals surface area contributed by atoms with E-state index in [9.17, 15) is 4.79 Å². The van der Waals surface area contributed by atoms with Crippen molar-refractivity contribution in [1.29, 1.82) is 0 Å². The van der Waals surface area contributed by atoms with Crippen LogP contribution in [-0.4, -0.2) is 30.4 Å². The summed E-state index contributed by atoms with van der Waals surface area (Å²) in [5, 5.41) is 0. The molecule has 0 rings (SSSR count). The van der Waals surface area contributed by atoms with Crippen LogP contribution < -0.4 is 5.73 Å². The first-order valence-electron chi connectivity index (χ1n) is 5.44. The van der Waals surface area contributed by atoms with E-state index in [1.165, 1.54) is 0 Å². The van der Waals surface area contributed by atoms with Crippen LogP contribution in [0.5, 0.6) is 0 Å². The summed E-state index contributed by atoms with van der Waals surface area (Å²) in [5.41, 5.74) is 5.36. The highest BCUT2D eigenvalue weighted by Crippen LogP contribution is 2.10. The lowest BCUT2D eigenvalue weighted by molar-refractivity contribution is -0.131. The highest BCUT2D eigenvalue weighted by Gasteiger charge is 2.15. The van der Waals surface area contributed by atoms with Crippen molar-refractivity contribution in [1.82, 2.24) is 4.90 Å². The molecule has 0 saturated heterocycles. The van der Waals surface area contributed by atoms with E-state index in [4.69, 9.17) is 5.73 Å². The van der Waals surface area contributed by atoms with Crippen molar-refractivity contribution in [3.63, 3.8) is 0 Å². The van der Waals surface area contributed by atoms with Crippen LogP contribution in [0, 0.1) is 5.92 Å². The maximum Gasteiger partial charge on any atom is 0.222 e. The molecule has 0 heterocycles. The molecule has 0 aliphatic rings. The van der Waals surface area contributed by atoms with Crippen molar-refractivity contribution in [2.75, 3.05) is 13.6 Å². The molecule has 0 aromatic carbocycles. The van der Waals surface area contributed by atoms with Gasteiger partial charge in [0.15, 0.2) is 0 Å². The van der Waals surface area contributed by atoms with Gasteiger partial charge in [0.05, 0.1) is 0 Å². The molecule has 1 amide bonds. The van der Waals surface area contributed by atoms with Crippen LogP contribution in [0.2, 0.25) is 0 Å². The summed E-state index contributed by atoms with van der Waals surface area (Å²) in [7, 11) is 1.88. The average Bonchev–Trinajstić information content (AvgIpc) is 2.11. The Morgan fingerprint density at radius 1 is 1.36 bits per heavy atom. The molecule has 0 aliphatic carbocycles. The fraction of sp³-hybridized carbons (Fsp3) is 0.909. The Kier molecular flexibility index (Phi) is 6.54. The molecule has 14 heavy (non-hydrogen) atoms. The number of nitrogens with zero attached hydrogens (tertiary/aromatic N) is 1. The summed E-state index contributed by atoms with van der Waals surface area (Å²) in [4.78, 5) is 13.4. The van der Waals surface area contributed by atoms with Crippen LogP contribution in [0.25, 0.3) is 0 Å². The van der Waals surface area contributed by atoms with Crippen LogP contribution in [0.4, 0.5) is 0 Å². The number of hydrogen-bond donors (Lipinski definition) is 1. The Labute approximate surface area is 87.6 Å². The van der Waals surface area contributed by atoms with E-state index in [1.54, 1.807) is 0 Å². The van der Waals surface area contributed by atoms with Crippen LogP contribution in [0.15, 0.2) is 0 Å². The summed E-state index contributed by atoms with van der Waals surface area (Å²) >= 11 is 0. The summed E-state index contributed by atoms with van der Waals surface area (Å²) in [6, 6.07) is 0.334. The van der Waals surface area contributed by atoms with Crippen molar-refractivity contribution in [3.8, 4) is 0 Å². The fourth-order valence-corrected chi connectivity index (χ4v) is 1.52. The first kappa shape index (κ1) is 13.4. The van der Waals surface area contributed by atoms with E-state index in [-0.39, 0.29) is 5.91 Å². The highest BCUT2D eigenvalue weighted by molar-refractivity contribution is 5.76. The van der Waals surface area contributed by atoms with Gasteiger partial charge in [0.1, 0.15) is 0 Å². The van der Waals surface area contributed by atoms with Crippen molar-refractivity contribution in [2.45, 2.75) is 46.1 Å². The van der Waals surface area contributed by atoms with Gasteiger partial charge in [-0.05, 0) is 32.2 Å². The third-order valence-electron chi connectivity index (χ3n) is 2.46. The van der Waals surface area contributed by atoms with Crippen LogP contribution >= 0.6 is 0 Å². The first-order valence-corrected chi connectivity index (χ1v) is 5.44. The van der Waals surface area contributed by atoms with Gasteiger partial charge < -0.3 is 10.6 Å². The summed E-state index contributed by atoms with van der Waals surface area (Å²) in [6.45, 7) is 7.04. The molecule has 0 aromatic rings. The number of carbonyl (C=O) groups is 1. The van der Waals surface area contributed by atoms with Gasteiger partial charge in [0.2, 0.25) is 5.91 Å². The fourth-order valence-electron chi connectivity index (χ4n) is 1.52. The quantitative estimate of drug-likeness (QED) is 0.708. The van der Waals surface area contributed by atoms with E-state index in [0.29, 0.717) is 24.9 Å². The summed E-state index contributed by atoms with van der Waals surface area (Å²) in [5.74, 6) is 0.846. The van der Waals surface area contributed by atoms with Gasteiger partial charge >= 0.3 is 0 Å². The maximum atomic E-state index is 11.6. The number of carbonyl (C=O) groups excluding carboxylic acids is 1. The third kappa shape index (κ3) is 5.22. The Morgan fingerprint density at radius 2 is 1.93 bits per heavy atom. The lowest BCUT2D eigenvalue weighted by Crippen LogP contribution is -2.36. The molecule has 1 unspecified atom stereocenters. The van der Waals surface area contributed by atoms with Gasteiger partial charge in [-0.3, -0.25) is 4.79 Å². The van der Waals surface area contributed by atoms with E-state index in [1.807, 2.05) is 11.9 Å². The molecule has 0 saturated carbocycles. The second kappa shape index (κ2) is 6.82. The van der Waals surface area contributed by atoms with Gasteiger partial charge in [0, 0.05) is 19.5 Å². The van der Waals surface area contributed by atoms with Gasteiger partial charge in [-0.2, -0.15) is 0 Å². The minimum absolute atomic E-state index is 0.212. The van der Waals surface area contributed by atoms with Crippen molar-refractivity contribution >= 4 is 5.91 Å². The molecular formula is C11H24N2O. The average molecular weight is 200 g/mol. The van der Waals surface area contributed by atoms with Crippen LogP contribution in [0.3, 0.4) is 0 Å². The van der Waals surface area contributed by atoms with E-state index in [0.717, 1.165) is 12.8 Å². The molecule has 2 N–H and O–H groups in total. The number of rotatable bonds is 6. The standard InChI is InChI=1S/C11H24N2O/c1-9(2)8-10(3)13(4)11(14)6-5-7-12/h9-10H,5-8,12H2,1-4H3. The molecule has 0 spiro atoms. The van der Waals surface area contributed by atoms with E-state index < -0.39 is 0 Å². The smallest absolute Gasteiger partial charge is 0.222 e.